The van der Waals surface area contributed by atoms with E-state index in [0.29, 0.717) is 0 Å². The molecule has 15 heavy (non-hydrogen) atoms. The third-order valence-electron chi connectivity index (χ3n) is 2.00. The lowest BCUT2D eigenvalue weighted by Crippen LogP contribution is -2.05. The summed E-state index contributed by atoms with van der Waals surface area (Å²) in [6, 6.07) is 5.31. The van der Waals surface area contributed by atoms with Gasteiger partial charge in [0.05, 0.1) is 0 Å². The van der Waals surface area contributed by atoms with Gasteiger partial charge in [-0.2, -0.15) is 4.98 Å². The molecule has 0 aliphatic heterocycles. The van der Waals surface area contributed by atoms with E-state index in [1.54, 1.807) is 29.8 Å². The molecule has 2 rings (SSSR count). The van der Waals surface area contributed by atoms with Crippen LogP contribution in [0.3, 0.4) is 0 Å². The van der Waals surface area contributed by atoms with Gasteiger partial charge in [-0.3, -0.25) is 9.78 Å². The molecule has 0 aliphatic carbocycles. The fourth-order valence-electron chi connectivity index (χ4n) is 1.24. The van der Waals surface area contributed by atoms with E-state index in [2.05, 4.69) is 9.97 Å². The quantitative estimate of drug-likeness (QED) is 0.775. The topological polar surface area (TPSA) is 42.9 Å². The van der Waals surface area contributed by atoms with Crippen molar-refractivity contribution in [1.82, 2.24) is 9.97 Å². The Morgan fingerprint density at radius 2 is 2.07 bits per heavy atom. The van der Waals surface area contributed by atoms with E-state index in [0.717, 1.165) is 21.9 Å². The number of pyridine rings is 1. The van der Waals surface area contributed by atoms with Gasteiger partial charge in [-0.25, -0.2) is 0 Å². The van der Waals surface area contributed by atoms with E-state index >= 15 is 0 Å². The summed E-state index contributed by atoms with van der Waals surface area (Å²) in [6.45, 7) is 2.03. The molecular weight excluding hydrogens is 208 g/mol. The summed E-state index contributed by atoms with van der Waals surface area (Å²) in [5.74, 6) is 0. The highest BCUT2D eigenvalue weighted by Gasteiger charge is 2.02. The van der Waals surface area contributed by atoms with Gasteiger partial charge in [-0.1, -0.05) is 6.92 Å². The number of aryl methyl sites for hydroxylation is 1. The maximum Gasteiger partial charge on any atom is 0.272 e. The Labute approximate surface area is 91.5 Å². The lowest BCUT2D eigenvalue weighted by molar-refractivity contribution is 1.15. The highest BCUT2D eigenvalue weighted by atomic mass is 32.1. The molecule has 0 unspecified atom stereocenters. The summed E-state index contributed by atoms with van der Waals surface area (Å²) in [4.78, 5) is 20.3. The SMILES string of the molecule is CCc1cc(=O)nc(-c2ccncc2)s1. The average Bonchev–Trinajstić information content (AvgIpc) is 2.29. The number of rotatable bonds is 2. The van der Waals surface area contributed by atoms with E-state index in [-0.39, 0.29) is 5.56 Å². The van der Waals surface area contributed by atoms with Crippen LogP contribution in [0.15, 0.2) is 35.4 Å². The van der Waals surface area contributed by atoms with Crippen LogP contribution in [0.1, 0.15) is 11.8 Å². The highest BCUT2D eigenvalue weighted by Crippen LogP contribution is 2.21. The van der Waals surface area contributed by atoms with Crippen molar-refractivity contribution in [3.8, 4) is 10.6 Å². The molecule has 0 saturated carbocycles. The van der Waals surface area contributed by atoms with Gasteiger partial charge < -0.3 is 0 Å². The van der Waals surface area contributed by atoms with Crippen molar-refractivity contribution >= 4 is 11.3 Å². The first-order chi connectivity index (χ1) is 7.29. The van der Waals surface area contributed by atoms with Crippen LogP contribution in [0.2, 0.25) is 0 Å². The van der Waals surface area contributed by atoms with E-state index < -0.39 is 0 Å². The summed E-state index contributed by atoms with van der Waals surface area (Å²) < 4.78 is 0. The van der Waals surface area contributed by atoms with Crippen LogP contribution >= 0.6 is 11.3 Å². The molecule has 0 amide bonds. The zero-order chi connectivity index (χ0) is 10.7. The Morgan fingerprint density at radius 1 is 1.33 bits per heavy atom. The van der Waals surface area contributed by atoms with Crippen molar-refractivity contribution in [2.24, 2.45) is 0 Å². The van der Waals surface area contributed by atoms with Gasteiger partial charge in [0, 0.05) is 28.9 Å². The molecule has 0 aliphatic rings. The van der Waals surface area contributed by atoms with E-state index in [1.807, 2.05) is 19.1 Å². The predicted octanol–water partition coefficient (Wildman–Crippen LogP) is 2.13. The fourth-order valence-corrected chi connectivity index (χ4v) is 2.18. The second-order valence-corrected chi connectivity index (χ2v) is 4.17. The monoisotopic (exact) mass is 218 g/mol. The molecule has 0 radical (unpaired) electrons. The molecule has 0 atom stereocenters. The molecule has 0 spiro atoms. The zero-order valence-corrected chi connectivity index (χ0v) is 9.12. The second-order valence-electron chi connectivity index (χ2n) is 3.06. The van der Waals surface area contributed by atoms with Gasteiger partial charge in [0.25, 0.3) is 5.56 Å². The van der Waals surface area contributed by atoms with E-state index in [4.69, 9.17) is 0 Å². The number of hydrogen-bond acceptors (Lipinski definition) is 4. The normalized spacial score (nSPS) is 10.2. The lowest BCUT2D eigenvalue weighted by atomic mass is 10.3. The first-order valence-electron chi connectivity index (χ1n) is 4.71. The van der Waals surface area contributed by atoms with Crippen LogP contribution in [-0.4, -0.2) is 9.97 Å². The molecule has 0 aromatic carbocycles. The van der Waals surface area contributed by atoms with Gasteiger partial charge in [-0.05, 0) is 18.6 Å². The fraction of sp³-hybridized carbons (Fsp3) is 0.182. The summed E-state index contributed by atoms with van der Waals surface area (Å²) in [5, 5.41) is 0.766. The van der Waals surface area contributed by atoms with Crippen molar-refractivity contribution in [2.75, 3.05) is 0 Å². The molecular formula is C11H10N2OS. The molecule has 0 saturated heterocycles. The molecule has 2 heterocycles. The van der Waals surface area contributed by atoms with Crippen molar-refractivity contribution < 1.29 is 0 Å². The van der Waals surface area contributed by atoms with Crippen LogP contribution in [-0.2, 0) is 6.42 Å². The van der Waals surface area contributed by atoms with Crippen LogP contribution < -0.4 is 5.56 Å². The van der Waals surface area contributed by atoms with Crippen molar-refractivity contribution in [1.29, 1.82) is 0 Å². The van der Waals surface area contributed by atoms with Gasteiger partial charge in [0.2, 0.25) is 0 Å². The minimum atomic E-state index is -0.169. The van der Waals surface area contributed by atoms with Gasteiger partial charge in [-0.15, -0.1) is 11.3 Å². The number of hydrogen-bond donors (Lipinski definition) is 0. The maximum absolute atomic E-state index is 11.3. The minimum Gasteiger partial charge on any atom is -0.267 e. The molecule has 0 N–H and O–H groups in total. The highest BCUT2D eigenvalue weighted by molar-refractivity contribution is 7.14. The second kappa shape index (κ2) is 4.31. The minimum absolute atomic E-state index is 0.169. The predicted molar refractivity (Wildman–Crippen MR) is 61.0 cm³/mol. The maximum atomic E-state index is 11.3. The molecule has 4 heteroatoms. The Hall–Kier alpha value is -1.55. The van der Waals surface area contributed by atoms with Crippen LogP contribution in [0.4, 0.5) is 0 Å². The molecule has 76 valence electrons. The first-order valence-corrected chi connectivity index (χ1v) is 5.52. The van der Waals surface area contributed by atoms with E-state index in [1.165, 1.54) is 0 Å². The summed E-state index contributed by atoms with van der Waals surface area (Å²) in [5.41, 5.74) is 0.778. The van der Waals surface area contributed by atoms with Crippen molar-refractivity contribution in [2.45, 2.75) is 13.3 Å². The summed E-state index contributed by atoms with van der Waals surface area (Å²) >= 11 is 1.55. The van der Waals surface area contributed by atoms with Gasteiger partial charge >= 0.3 is 0 Å². The summed E-state index contributed by atoms with van der Waals surface area (Å²) in [7, 11) is 0. The number of aromatic nitrogens is 2. The zero-order valence-electron chi connectivity index (χ0n) is 8.30. The van der Waals surface area contributed by atoms with Gasteiger partial charge in [0.1, 0.15) is 5.01 Å². The standard InChI is InChI=1S/C11H10N2OS/c1-2-9-7-10(14)13-11(15-9)8-3-5-12-6-4-8/h3-7H,2H2,1H3. The third kappa shape index (κ3) is 2.27. The largest absolute Gasteiger partial charge is 0.272 e. The Morgan fingerprint density at radius 3 is 2.73 bits per heavy atom. The Bertz CT molecular complexity index is 507. The molecule has 0 fully saturated rings. The molecule has 3 nitrogen and oxygen atoms in total. The van der Waals surface area contributed by atoms with E-state index in [9.17, 15) is 4.79 Å². The number of nitrogens with zero attached hydrogens (tertiary/aromatic N) is 2. The lowest BCUT2D eigenvalue weighted by Gasteiger charge is -2.00. The van der Waals surface area contributed by atoms with Crippen molar-refractivity contribution in [3.05, 3.63) is 45.8 Å². The molecule has 2 aromatic heterocycles. The Balaban J connectivity index is 2.54. The summed E-state index contributed by atoms with van der Waals surface area (Å²) in [6.07, 6.45) is 4.26. The Kier molecular flexibility index (Phi) is 2.87. The average molecular weight is 218 g/mol. The van der Waals surface area contributed by atoms with Crippen LogP contribution in [0.25, 0.3) is 10.6 Å². The molecule has 2 aromatic rings. The van der Waals surface area contributed by atoms with Crippen LogP contribution in [0, 0.1) is 0 Å². The smallest absolute Gasteiger partial charge is 0.267 e. The first kappa shape index (κ1) is 9.98. The van der Waals surface area contributed by atoms with Gasteiger partial charge in [0.15, 0.2) is 0 Å². The third-order valence-corrected chi connectivity index (χ3v) is 3.19. The molecule has 0 bridgehead atoms. The van der Waals surface area contributed by atoms with Crippen molar-refractivity contribution in [3.63, 3.8) is 0 Å². The van der Waals surface area contributed by atoms with Crippen LogP contribution in [0.5, 0.6) is 0 Å².